The lowest BCUT2D eigenvalue weighted by molar-refractivity contribution is 1.26. The van der Waals surface area contributed by atoms with Crippen LogP contribution in [0, 0.1) is 0 Å². The Labute approximate surface area is 87.1 Å². The predicted molar refractivity (Wildman–Crippen MR) is 60.5 cm³/mol. The van der Waals surface area contributed by atoms with Crippen molar-refractivity contribution in [3.05, 3.63) is 52.0 Å². The van der Waals surface area contributed by atoms with Gasteiger partial charge in [0.25, 0.3) is 0 Å². The van der Waals surface area contributed by atoms with E-state index in [-0.39, 0.29) is 0 Å². The SMILES string of the molecule is CC1=CC=C(c2ccc(Br)cc2)C1. The van der Waals surface area contributed by atoms with Crippen LogP contribution in [0.25, 0.3) is 5.57 Å². The van der Waals surface area contributed by atoms with Crippen molar-refractivity contribution in [3.63, 3.8) is 0 Å². The molecule has 0 N–H and O–H groups in total. The van der Waals surface area contributed by atoms with E-state index >= 15 is 0 Å². The van der Waals surface area contributed by atoms with E-state index in [4.69, 9.17) is 0 Å². The average molecular weight is 235 g/mol. The van der Waals surface area contributed by atoms with Crippen molar-refractivity contribution in [2.75, 3.05) is 0 Å². The van der Waals surface area contributed by atoms with Crippen molar-refractivity contribution in [2.24, 2.45) is 0 Å². The zero-order valence-corrected chi connectivity index (χ0v) is 9.14. The Kier molecular flexibility index (Phi) is 2.36. The first-order valence-electron chi connectivity index (χ1n) is 4.38. The molecule has 0 heterocycles. The van der Waals surface area contributed by atoms with Crippen LogP contribution in [0.1, 0.15) is 18.9 Å². The second kappa shape index (κ2) is 3.51. The van der Waals surface area contributed by atoms with E-state index in [1.54, 1.807) is 0 Å². The van der Waals surface area contributed by atoms with Crippen LogP contribution in [0.3, 0.4) is 0 Å². The molecule has 0 nitrogen and oxygen atoms in total. The molecule has 0 saturated heterocycles. The van der Waals surface area contributed by atoms with Gasteiger partial charge in [0.2, 0.25) is 0 Å². The first-order valence-corrected chi connectivity index (χ1v) is 5.17. The van der Waals surface area contributed by atoms with E-state index in [0.29, 0.717) is 0 Å². The fourth-order valence-electron chi connectivity index (χ4n) is 1.52. The minimum atomic E-state index is 1.10. The van der Waals surface area contributed by atoms with E-state index in [1.807, 2.05) is 0 Å². The van der Waals surface area contributed by atoms with Crippen molar-refractivity contribution in [2.45, 2.75) is 13.3 Å². The molecule has 66 valence electrons. The van der Waals surface area contributed by atoms with Gasteiger partial charge in [-0.15, -0.1) is 0 Å². The Hall–Kier alpha value is -0.820. The molecule has 0 amide bonds. The molecule has 0 spiro atoms. The van der Waals surface area contributed by atoms with Crippen molar-refractivity contribution in [3.8, 4) is 0 Å². The Balaban J connectivity index is 2.24. The lowest BCUT2D eigenvalue weighted by atomic mass is 10.0. The van der Waals surface area contributed by atoms with Crippen LogP contribution < -0.4 is 0 Å². The van der Waals surface area contributed by atoms with Crippen LogP contribution in [0.15, 0.2) is 46.5 Å². The molecule has 1 aromatic carbocycles. The highest BCUT2D eigenvalue weighted by atomic mass is 79.9. The van der Waals surface area contributed by atoms with Gasteiger partial charge in [0, 0.05) is 4.47 Å². The molecule has 0 atom stereocenters. The number of halogens is 1. The average Bonchev–Trinajstić information content (AvgIpc) is 2.53. The van der Waals surface area contributed by atoms with Gasteiger partial charge < -0.3 is 0 Å². The summed E-state index contributed by atoms with van der Waals surface area (Å²) in [4.78, 5) is 0. The molecule has 0 saturated carbocycles. The van der Waals surface area contributed by atoms with E-state index in [1.165, 1.54) is 16.7 Å². The van der Waals surface area contributed by atoms with Gasteiger partial charge >= 0.3 is 0 Å². The molecule has 1 heteroatoms. The van der Waals surface area contributed by atoms with Gasteiger partial charge in [0.1, 0.15) is 0 Å². The number of rotatable bonds is 1. The van der Waals surface area contributed by atoms with Crippen LogP contribution in [0.4, 0.5) is 0 Å². The van der Waals surface area contributed by atoms with E-state index in [2.05, 4.69) is 59.3 Å². The zero-order valence-electron chi connectivity index (χ0n) is 7.55. The highest BCUT2D eigenvalue weighted by Gasteiger charge is 2.06. The smallest absolute Gasteiger partial charge is 0.0175 e. The van der Waals surface area contributed by atoms with Crippen molar-refractivity contribution in [1.29, 1.82) is 0 Å². The van der Waals surface area contributed by atoms with Crippen LogP contribution in [0.2, 0.25) is 0 Å². The summed E-state index contributed by atoms with van der Waals surface area (Å²) in [6.07, 6.45) is 5.50. The molecule has 1 aromatic rings. The molecule has 2 rings (SSSR count). The summed E-state index contributed by atoms with van der Waals surface area (Å²) < 4.78 is 1.14. The van der Waals surface area contributed by atoms with Gasteiger partial charge in [0.05, 0.1) is 0 Å². The van der Waals surface area contributed by atoms with E-state index < -0.39 is 0 Å². The zero-order chi connectivity index (χ0) is 9.26. The van der Waals surface area contributed by atoms with Crippen LogP contribution in [0.5, 0.6) is 0 Å². The number of allylic oxidation sites excluding steroid dienone is 4. The summed E-state index contributed by atoms with van der Waals surface area (Å²) in [5.74, 6) is 0. The van der Waals surface area contributed by atoms with Gasteiger partial charge in [-0.2, -0.15) is 0 Å². The molecular weight excluding hydrogens is 224 g/mol. The van der Waals surface area contributed by atoms with Gasteiger partial charge in [-0.05, 0) is 36.6 Å². The monoisotopic (exact) mass is 234 g/mol. The van der Waals surface area contributed by atoms with E-state index in [0.717, 1.165) is 10.9 Å². The molecule has 0 bridgehead atoms. The molecular formula is C12H11Br. The standard InChI is InChI=1S/C12H11Br/c1-9-2-3-11(8-9)10-4-6-12(13)7-5-10/h2-7H,8H2,1H3. The second-order valence-corrected chi connectivity index (χ2v) is 4.30. The quantitative estimate of drug-likeness (QED) is 0.684. The van der Waals surface area contributed by atoms with Crippen LogP contribution >= 0.6 is 15.9 Å². The predicted octanol–water partition coefficient (Wildman–Crippen LogP) is 4.18. The molecule has 1 aliphatic rings. The summed E-state index contributed by atoms with van der Waals surface area (Å²) in [6, 6.07) is 8.48. The first-order chi connectivity index (χ1) is 6.25. The summed E-state index contributed by atoms with van der Waals surface area (Å²) in [5.41, 5.74) is 4.19. The largest absolute Gasteiger partial charge is 0.0689 e. The molecule has 0 unspecified atom stereocenters. The summed E-state index contributed by atoms with van der Waals surface area (Å²) >= 11 is 3.43. The summed E-state index contributed by atoms with van der Waals surface area (Å²) in [7, 11) is 0. The van der Waals surface area contributed by atoms with Crippen LogP contribution in [-0.4, -0.2) is 0 Å². The second-order valence-electron chi connectivity index (χ2n) is 3.39. The van der Waals surface area contributed by atoms with Gasteiger partial charge in [-0.1, -0.05) is 45.8 Å². The third-order valence-corrected chi connectivity index (χ3v) is 2.78. The van der Waals surface area contributed by atoms with Gasteiger partial charge in [0.15, 0.2) is 0 Å². The highest BCUT2D eigenvalue weighted by Crippen LogP contribution is 2.28. The molecule has 0 aromatic heterocycles. The van der Waals surface area contributed by atoms with Gasteiger partial charge in [-0.25, -0.2) is 0 Å². The number of hydrogen-bond donors (Lipinski definition) is 0. The molecule has 0 fully saturated rings. The minimum absolute atomic E-state index is 1.10. The maximum Gasteiger partial charge on any atom is 0.0175 e. The molecule has 0 aliphatic heterocycles. The third kappa shape index (κ3) is 1.92. The lowest BCUT2D eigenvalue weighted by Gasteiger charge is -2.02. The Morgan fingerprint density at radius 3 is 2.31 bits per heavy atom. The Morgan fingerprint density at radius 1 is 1.08 bits per heavy atom. The van der Waals surface area contributed by atoms with E-state index in [9.17, 15) is 0 Å². The Morgan fingerprint density at radius 2 is 1.77 bits per heavy atom. The maximum absolute atomic E-state index is 3.43. The fraction of sp³-hybridized carbons (Fsp3) is 0.167. The fourth-order valence-corrected chi connectivity index (χ4v) is 1.79. The number of benzene rings is 1. The highest BCUT2D eigenvalue weighted by molar-refractivity contribution is 9.10. The first kappa shape index (κ1) is 8.76. The van der Waals surface area contributed by atoms with Crippen molar-refractivity contribution < 1.29 is 0 Å². The van der Waals surface area contributed by atoms with Gasteiger partial charge in [-0.3, -0.25) is 0 Å². The van der Waals surface area contributed by atoms with Crippen molar-refractivity contribution in [1.82, 2.24) is 0 Å². The number of hydrogen-bond acceptors (Lipinski definition) is 0. The minimum Gasteiger partial charge on any atom is -0.0689 e. The molecule has 13 heavy (non-hydrogen) atoms. The third-order valence-electron chi connectivity index (χ3n) is 2.25. The van der Waals surface area contributed by atoms with Crippen molar-refractivity contribution >= 4 is 21.5 Å². The topological polar surface area (TPSA) is 0 Å². The summed E-state index contributed by atoms with van der Waals surface area (Å²) in [5, 5.41) is 0. The molecule has 0 radical (unpaired) electrons. The molecule has 1 aliphatic carbocycles. The lowest BCUT2D eigenvalue weighted by Crippen LogP contribution is -1.81. The normalized spacial score (nSPS) is 15.5. The summed E-state index contributed by atoms with van der Waals surface area (Å²) in [6.45, 7) is 2.17. The maximum atomic E-state index is 3.43. The Bertz CT molecular complexity index is 369. The van der Waals surface area contributed by atoms with Crippen LogP contribution in [-0.2, 0) is 0 Å².